The third-order valence-electron chi connectivity index (χ3n) is 16.1. The number of thiazole rings is 2. The van der Waals surface area contributed by atoms with E-state index in [4.69, 9.17) is 13.4 Å². The third-order valence-corrected chi connectivity index (χ3v) is 19.4. The maximum atomic E-state index is 4.96. The summed E-state index contributed by atoms with van der Waals surface area (Å²) >= 11 is 6.11. The van der Waals surface area contributed by atoms with E-state index >= 15 is 0 Å². The molecule has 19 nitrogen and oxygen atoms in total. The Morgan fingerprint density at radius 2 is 1.02 bits per heavy atom. The van der Waals surface area contributed by atoms with E-state index in [1.165, 1.54) is 66.4 Å². The molecule has 0 spiro atoms. The van der Waals surface area contributed by atoms with Crippen molar-refractivity contribution in [3.05, 3.63) is 243 Å². The molecule has 0 fully saturated rings. The molecular formula is C94H139N15O4Re8S4-8. The number of aromatic nitrogens is 15. The van der Waals surface area contributed by atoms with Crippen molar-refractivity contribution in [2.24, 2.45) is 7.05 Å². The topological polar surface area (TPSA) is 247 Å². The quantitative estimate of drug-likeness (QED) is 0.139. The van der Waals surface area contributed by atoms with Crippen molar-refractivity contribution in [1.82, 2.24) is 73.9 Å². The minimum Gasteiger partial charge on any atom is -0.581 e. The Kier molecular flexibility index (Phi) is 68.0. The van der Waals surface area contributed by atoms with Crippen LogP contribution in [-0.4, -0.2) is 73.9 Å². The van der Waals surface area contributed by atoms with Crippen LogP contribution in [-0.2, 0) is 235 Å². The van der Waals surface area contributed by atoms with Gasteiger partial charge in [0.2, 0.25) is 0 Å². The fourth-order valence-electron chi connectivity index (χ4n) is 8.33. The molecule has 702 valence electrons. The van der Waals surface area contributed by atoms with Gasteiger partial charge in [-0.15, -0.1) is 45.3 Å². The zero-order valence-electron chi connectivity index (χ0n) is 80.8. The van der Waals surface area contributed by atoms with Gasteiger partial charge >= 0.3 is 0 Å². The zero-order valence-corrected chi connectivity index (χ0v) is 106. The van der Waals surface area contributed by atoms with Gasteiger partial charge in [0, 0.05) is 223 Å². The number of hydrogen-bond donors (Lipinski definition) is 3. The van der Waals surface area contributed by atoms with Gasteiger partial charge < -0.3 is 56.5 Å². The molecule has 0 unspecified atom stereocenters. The van der Waals surface area contributed by atoms with E-state index in [9.17, 15) is 0 Å². The third kappa shape index (κ3) is 56.9. The van der Waals surface area contributed by atoms with Crippen LogP contribution in [0.3, 0.4) is 0 Å². The van der Waals surface area contributed by atoms with Crippen molar-refractivity contribution in [3.8, 4) is 0 Å². The summed E-state index contributed by atoms with van der Waals surface area (Å²) in [5, 5.41) is 22.4. The van der Waals surface area contributed by atoms with Crippen LogP contribution in [0.5, 0.6) is 0 Å². The van der Waals surface area contributed by atoms with Gasteiger partial charge in [0.15, 0.2) is 0 Å². The molecule has 0 atom stereocenters. The molecule has 3 N–H and O–H groups in total. The molecule has 12 aromatic rings. The van der Waals surface area contributed by atoms with E-state index in [1.807, 2.05) is 65.5 Å². The minimum absolute atomic E-state index is 0. The normalized spacial score (nSPS) is 11.0. The summed E-state index contributed by atoms with van der Waals surface area (Å²) in [6.07, 6.45) is 37.9. The van der Waals surface area contributed by atoms with Gasteiger partial charge in [-0.1, -0.05) is 322 Å². The number of rotatable bonds is 4. The summed E-state index contributed by atoms with van der Waals surface area (Å²) in [6.45, 7) is 91.7. The number of hydrogen-bond acceptors (Lipinski definition) is 19. The molecular weight excluding hydrogens is 3020 g/mol. The summed E-state index contributed by atoms with van der Waals surface area (Å²) in [5.41, 5.74) is 19.8. The second-order valence-corrected chi connectivity index (χ2v) is 42.6. The Morgan fingerprint density at radius 1 is 0.464 bits per heavy atom. The predicted molar refractivity (Wildman–Crippen MR) is 491 cm³/mol. The van der Waals surface area contributed by atoms with Gasteiger partial charge in [0.1, 0.15) is 18.6 Å². The number of nitrogens with zero attached hydrogens (tertiary/aromatic N) is 12. The fraction of sp³-hybridized carbons (Fsp3) is 0.521. The first kappa shape index (κ1) is 137. The van der Waals surface area contributed by atoms with Crippen molar-refractivity contribution in [2.45, 2.75) is 314 Å². The van der Waals surface area contributed by atoms with Crippen molar-refractivity contribution in [1.29, 1.82) is 0 Å². The molecule has 0 aliphatic rings. The maximum Gasteiger partial charge on any atom is 0.129 e. The van der Waals surface area contributed by atoms with Crippen LogP contribution in [0.25, 0.3) is 24.3 Å². The van der Waals surface area contributed by atoms with E-state index in [-0.39, 0.29) is 228 Å². The number of imidazole rings is 1. The Bertz CT molecular complexity index is 3980. The van der Waals surface area contributed by atoms with Gasteiger partial charge in [0.25, 0.3) is 0 Å². The SMILES string of the molecule is C=Cc1c[nH]cc1C(C)(C)C.C=Cc1cc(C(C)(C)C)[nH]n1.C=Cc1ncc(C(C)(C)C)[nH]1.C=Cc1nn(C)cc1C(C)(C)C.CC(C)(C)c1[c-]noc1.CC(C)(C)c1[c-]nsc1.CC(C)(C)c1c[c-]no1.CC(C)(C)c1c[c-]ns1.CC(C)(C)c1cn[c-]o1.CC(C)(C)c1cn[c-]s1.CC(C)(C)c1co[c-]n1.CC(C)(C)c1cs[c-]n1.[Re].[Re].[Re].[Re].[Re].[Re].[Re].[Re]. The number of nitrogens with one attached hydrogen (secondary N) is 3. The molecule has 0 bridgehead atoms. The largest absolute Gasteiger partial charge is 0.581 e. The molecule has 125 heavy (non-hydrogen) atoms. The second kappa shape index (κ2) is 62.1. The summed E-state index contributed by atoms with van der Waals surface area (Å²) in [5.74, 6) is 2.60. The van der Waals surface area contributed by atoms with Crippen molar-refractivity contribution in [3.63, 3.8) is 0 Å². The summed E-state index contributed by atoms with van der Waals surface area (Å²) < 4.78 is 28.8. The van der Waals surface area contributed by atoms with Gasteiger partial charge in [0.05, 0.1) is 11.4 Å². The first-order chi connectivity index (χ1) is 53.4. The number of H-pyrrole nitrogens is 3. The van der Waals surface area contributed by atoms with Crippen LogP contribution in [0, 0.1) is 48.6 Å². The number of aryl methyl sites for hydroxylation is 1. The molecule has 0 aromatic carbocycles. The average molecular weight is 3160 g/mol. The number of oxazole rings is 2. The molecule has 12 rings (SSSR count). The van der Waals surface area contributed by atoms with E-state index in [0.29, 0.717) is 0 Å². The van der Waals surface area contributed by atoms with Crippen molar-refractivity contribution < 1.29 is 181 Å². The smallest absolute Gasteiger partial charge is 0.129 e. The number of aromatic amines is 3. The Morgan fingerprint density at radius 3 is 1.26 bits per heavy atom. The van der Waals surface area contributed by atoms with Crippen LogP contribution < -0.4 is 0 Å². The van der Waals surface area contributed by atoms with E-state index in [2.05, 4.69) is 404 Å². The van der Waals surface area contributed by atoms with Gasteiger partial charge in [-0.05, 0) is 108 Å². The molecule has 0 aliphatic carbocycles. The molecule has 0 aliphatic heterocycles. The molecule has 8 radical (unpaired) electrons. The van der Waals surface area contributed by atoms with E-state index in [0.717, 1.165) is 57.1 Å². The molecule has 0 amide bonds. The molecule has 12 aromatic heterocycles. The Hall–Kier alpha value is -3.47. The van der Waals surface area contributed by atoms with Crippen LogP contribution >= 0.6 is 45.7 Å². The summed E-state index contributed by atoms with van der Waals surface area (Å²) in [7, 11) is 1.93. The maximum absolute atomic E-state index is 4.96. The van der Waals surface area contributed by atoms with Crippen molar-refractivity contribution >= 4 is 70.0 Å². The summed E-state index contributed by atoms with van der Waals surface area (Å²) in [4.78, 5) is 28.5. The Balaban J connectivity index is -0.000000198. The Labute approximate surface area is 879 Å². The van der Waals surface area contributed by atoms with Crippen molar-refractivity contribution in [2.75, 3.05) is 0 Å². The fourth-order valence-corrected chi connectivity index (χ4v) is 11.0. The van der Waals surface area contributed by atoms with Crippen LogP contribution in [0.2, 0.25) is 0 Å². The molecule has 12 heterocycles. The molecule has 0 saturated heterocycles. The zero-order chi connectivity index (χ0) is 90.0. The van der Waals surface area contributed by atoms with E-state index in [1.54, 1.807) is 54.4 Å². The second-order valence-electron chi connectivity index (χ2n) is 39.7. The minimum atomic E-state index is 0. The van der Waals surface area contributed by atoms with Gasteiger partial charge in [-0.2, -0.15) is 50.5 Å². The van der Waals surface area contributed by atoms with Gasteiger partial charge in [-0.25, -0.2) is 21.4 Å². The van der Waals surface area contributed by atoms with Gasteiger partial charge in [-0.3, -0.25) is 32.5 Å². The van der Waals surface area contributed by atoms with Crippen LogP contribution in [0.1, 0.15) is 338 Å². The van der Waals surface area contributed by atoms with E-state index < -0.39 is 0 Å². The predicted octanol–water partition coefficient (Wildman–Crippen LogP) is 26.0. The molecule has 0 saturated carbocycles. The first-order valence-corrected chi connectivity index (χ1v) is 42.2. The monoisotopic (exact) mass is 3170 g/mol. The van der Waals surface area contributed by atoms with Crippen LogP contribution in [0.15, 0.2) is 123 Å². The standard InChI is InChI=1S/C10H16N2.C10H15N.2C9H14N2.4C7H10NO.4C7H10NS.8Re/c1-6-9-8(10(2,3)4)7-12(5)11-9;1-5-8-6-11-7-9(8)10(2,3)4;1-5-8-10-6-7(11-8)9(2,3)4;1-5-7-6-8(11-10-7)9(2,3)4;1-7(2,3)6-4-9-5-8-6;1-7(2,3)6-4-8-5-9-6;1-7(2,3)6-4-8-9-5-6;1-7(2,3)6-4-5-8-9-6;1-7(2,3)6-4-9-5-8-6;1-7(2,3)6-4-8-5-9-6;1-7(2,3)6-4-8-9-5-6;1-7(2,3)6-4-5-8-9-6;;;;;;;;/h6-7H,1H2,2-5H3;5-7,11H,1H2,2-4H3;2*5-6H,1H2,2-4H3,(H,10,11);2*4H,1-3H3;5H,1-3H3;3*4H,1-3H3;5H,1-3H3;4H,1-3H3;;;;;;;;/q;;;;8*-1;;;;;;;;. The first-order valence-electron chi connectivity index (χ1n) is 38.9. The average Bonchev–Trinajstić information content (AvgIpc) is 1.69. The molecule has 31 heteroatoms. The summed E-state index contributed by atoms with van der Waals surface area (Å²) in [6, 6.07) is 5.73. The van der Waals surface area contributed by atoms with Crippen LogP contribution in [0.4, 0.5) is 0 Å².